The van der Waals surface area contributed by atoms with Crippen molar-refractivity contribution >= 4 is 18.5 Å². The average Bonchev–Trinajstić information content (AvgIpc) is 2.82. The molecule has 0 spiro atoms. The highest BCUT2D eigenvalue weighted by atomic mass is 19.1. The maximum Gasteiger partial charge on any atom is 0.494 e. The molecule has 0 aromatic heterocycles. The zero-order chi connectivity index (χ0) is 19.1. The minimum absolute atomic E-state index is 0.0991. The number of nitrogens with zero attached hydrogens (tertiary/aromatic N) is 1. The summed E-state index contributed by atoms with van der Waals surface area (Å²) in [7, 11) is 1.25. The lowest BCUT2D eigenvalue weighted by Gasteiger charge is -2.32. The number of amides is 1. The highest BCUT2D eigenvalue weighted by Crippen LogP contribution is 2.36. The molecule has 0 unspecified atom stereocenters. The summed E-state index contributed by atoms with van der Waals surface area (Å²) in [6.07, 6.45) is 1.95. The lowest BCUT2D eigenvalue weighted by Crippen LogP contribution is -2.47. The second-order valence-corrected chi connectivity index (χ2v) is 8.21. The number of carbonyl (C=O) groups is 1. The van der Waals surface area contributed by atoms with E-state index in [-0.39, 0.29) is 17.5 Å². The molecule has 26 heavy (non-hydrogen) atoms. The van der Waals surface area contributed by atoms with Crippen molar-refractivity contribution in [2.24, 2.45) is 0 Å². The molecule has 0 radical (unpaired) electrons. The van der Waals surface area contributed by atoms with Gasteiger partial charge in [-0.25, -0.2) is 4.39 Å². The van der Waals surface area contributed by atoms with Gasteiger partial charge in [-0.2, -0.15) is 0 Å². The Morgan fingerprint density at radius 2 is 1.92 bits per heavy atom. The maximum absolute atomic E-state index is 14.7. The van der Waals surface area contributed by atoms with Crippen molar-refractivity contribution in [1.29, 1.82) is 0 Å². The molecule has 2 aliphatic heterocycles. The molecule has 5 nitrogen and oxygen atoms in total. The SMILES string of the molecule is CN[C@H]1CCCN(C(=O)c2ccc(B3OC(C)(C)C(C)(C)O3)cc2F)C1. The zero-order valence-electron chi connectivity index (χ0n) is 16.3. The fourth-order valence-electron chi connectivity index (χ4n) is 3.40. The molecule has 7 heteroatoms. The van der Waals surface area contributed by atoms with Crippen LogP contribution in [0.1, 0.15) is 50.9 Å². The van der Waals surface area contributed by atoms with Crippen LogP contribution in [0.2, 0.25) is 0 Å². The second kappa shape index (κ2) is 6.95. The molecule has 1 aromatic carbocycles. The second-order valence-electron chi connectivity index (χ2n) is 8.21. The van der Waals surface area contributed by atoms with Crippen molar-refractivity contribution in [3.05, 3.63) is 29.6 Å². The van der Waals surface area contributed by atoms with E-state index in [4.69, 9.17) is 9.31 Å². The highest BCUT2D eigenvalue weighted by molar-refractivity contribution is 6.62. The predicted octanol–water partition coefficient (Wildman–Crippen LogP) is 1.95. The number of likely N-dealkylation sites (N-methyl/N-ethyl adjacent to an activating group) is 1. The Kier molecular flexibility index (Phi) is 5.16. The first-order valence-corrected chi connectivity index (χ1v) is 9.26. The molecule has 0 saturated carbocycles. The van der Waals surface area contributed by atoms with Gasteiger partial charge >= 0.3 is 7.12 Å². The van der Waals surface area contributed by atoms with Crippen molar-refractivity contribution < 1.29 is 18.5 Å². The Morgan fingerprint density at radius 1 is 1.27 bits per heavy atom. The van der Waals surface area contributed by atoms with Crippen molar-refractivity contribution in [2.45, 2.75) is 57.8 Å². The number of likely N-dealkylation sites (tertiary alicyclic amines) is 1. The van der Waals surface area contributed by atoms with Gasteiger partial charge in [0.15, 0.2) is 0 Å². The van der Waals surface area contributed by atoms with Gasteiger partial charge in [-0.3, -0.25) is 4.79 Å². The van der Waals surface area contributed by atoms with Crippen LogP contribution in [0.15, 0.2) is 18.2 Å². The van der Waals surface area contributed by atoms with E-state index in [1.165, 1.54) is 6.07 Å². The standard InChI is InChI=1S/C19H28BFN2O3/c1-18(2)19(3,4)26-20(25-18)13-8-9-15(16(21)11-13)17(24)23-10-6-7-14(12-23)22-5/h8-9,11,14,22H,6-7,10,12H2,1-5H3/t14-/m0/s1. The average molecular weight is 362 g/mol. The van der Waals surface area contributed by atoms with Crippen LogP contribution in [0.4, 0.5) is 4.39 Å². The molecule has 0 aliphatic carbocycles. The third kappa shape index (κ3) is 3.52. The third-order valence-electron chi connectivity index (χ3n) is 5.87. The number of benzene rings is 1. The largest absolute Gasteiger partial charge is 0.494 e. The molecule has 0 bridgehead atoms. The number of carbonyl (C=O) groups excluding carboxylic acids is 1. The van der Waals surface area contributed by atoms with Crippen LogP contribution in [0.25, 0.3) is 0 Å². The molecular weight excluding hydrogens is 334 g/mol. The first kappa shape index (κ1) is 19.3. The lowest BCUT2D eigenvalue weighted by atomic mass is 9.78. The Balaban J connectivity index is 1.77. The summed E-state index contributed by atoms with van der Waals surface area (Å²) in [6, 6.07) is 4.88. The molecule has 3 rings (SSSR count). The van der Waals surface area contributed by atoms with Crippen LogP contribution >= 0.6 is 0 Å². The quantitative estimate of drug-likeness (QED) is 0.836. The van der Waals surface area contributed by atoms with E-state index in [0.29, 0.717) is 18.6 Å². The summed E-state index contributed by atoms with van der Waals surface area (Å²) in [5, 5.41) is 3.20. The Hall–Kier alpha value is -1.44. The summed E-state index contributed by atoms with van der Waals surface area (Å²) < 4.78 is 26.6. The van der Waals surface area contributed by atoms with Gasteiger partial charge in [-0.05, 0) is 65.2 Å². The van der Waals surface area contributed by atoms with E-state index < -0.39 is 24.1 Å². The molecule has 2 saturated heterocycles. The van der Waals surface area contributed by atoms with Crippen molar-refractivity contribution in [1.82, 2.24) is 10.2 Å². The molecule has 142 valence electrons. The van der Waals surface area contributed by atoms with Gasteiger partial charge in [0.2, 0.25) is 0 Å². The molecule has 1 N–H and O–H groups in total. The topological polar surface area (TPSA) is 50.8 Å². The summed E-state index contributed by atoms with van der Waals surface area (Å²) in [5.41, 5.74) is -0.288. The Labute approximate surface area is 155 Å². The van der Waals surface area contributed by atoms with Crippen molar-refractivity contribution in [3.8, 4) is 0 Å². The Morgan fingerprint density at radius 3 is 2.50 bits per heavy atom. The van der Waals surface area contributed by atoms with Gasteiger partial charge in [-0.1, -0.05) is 6.07 Å². The van der Waals surface area contributed by atoms with Gasteiger partial charge < -0.3 is 19.5 Å². The van der Waals surface area contributed by atoms with E-state index in [2.05, 4.69) is 5.32 Å². The number of hydrogen-bond donors (Lipinski definition) is 1. The predicted molar refractivity (Wildman–Crippen MR) is 100 cm³/mol. The summed E-state index contributed by atoms with van der Waals surface area (Å²) in [4.78, 5) is 14.4. The number of rotatable bonds is 3. The van der Waals surface area contributed by atoms with Gasteiger partial charge in [0.25, 0.3) is 5.91 Å². The highest BCUT2D eigenvalue weighted by Gasteiger charge is 2.51. The number of nitrogens with one attached hydrogen (secondary N) is 1. The van der Waals surface area contributed by atoms with E-state index in [0.717, 1.165) is 12.8 Å². The molecule has 2 fully saturated rings. The van der Waals surface area contributed by atoms with Crippen LogP contribution in [0.3, 0.4) is 0 Å². The van der Waals surface area contributed by atoms with Gasteiger partial charge in [0, 0.05) is 19.1 Å². The van der Waals surface area contributed by atoms with Crippen LogP contribution in [-0.4, -0.2) is 55.3 Å². The zero-order valence-corrected chi connectivity index (χ0v) is 16.3. The molecule has 2 heterocycles. The molecule has 2 aliphatic rings. The fourth-order valence-corrected chi connectivity index (χ4v) is 3.40. The van der Waals surface area contributed by atoms with Crippen LogP contribution in [0.5, 0.6) is 0 Å². The van der Waals surface area contributed by atoms with Gasteiger partial charge in [-0.15, -0.1) is 0 Å². The van der Waals surface area contributed by atoms with Crippen LogP contribution in [-0.2, 0) is 9.31 Å². The monoisotopic (exact) mass is 362 g/mol. The van der Waals surface area contributed by atoms with Crippen LogP contribution < -0.4 is 10.8 Å². The fraction of sp³-hybridized carbons (Fsp3) is 0.632. The smallest absolute Gasteiger partial charge is 0.399 e. The summed E-state index contributed by atoms with van der Waals surface area (Å²) in [5.74, 6) is -0.795. The lowest BCUT2D eigenvalue weighted by molar-refractivity contribution is 0.00578. The molecule has 1 atom stereocenters. The molecular formula is C19H28BFN2O3. The summed E-state index contributed by atoms with van der Waals surface area (Å²) in [6.45, 7) is 9.08. The molecule has 1 aromatic rings. The van der Waals surface area contributed by atoms with E-state index in [1.54, 1.807) is 17.0 Å². The maximum atomic E-state index is 14.7. The van der Waals surface area contributed by atoms with Crippen molar-refractivity contribution in [2.75, 3.05) is 20.1 Å². The van der Waals surface area contributed by atoms with E-state index in [1.807, 2.05) is 34.7 Å². The van der Waals surface area contributed by atoms with E-state index >= 15 is 0 Å². The first-order chi connectivity index (χ1) is 12.1. The number of piperidine rings is 1. The number of halogens is 1. The van der Waals surface area contributed by atoms with E-state index in [9.17, 15) is 9.18 Å². The normalized spacial score (nSPS) is 24.8. The molecule has 1 amide bonds. The van der Waals surface area contributed by atoms with Crippen molar-refractivity contribution in [3.63, 3.8) is 0 Å². The third-order valence-corrected chi connectivity index (χ3v) is 5.87. The summed E-state index contributed by atoms with van der Waals surface area (Å²) >= 11 is 0. The Bertz CT molecular complexity index is 679. The minimum Gasteiger partial charge on any atom is -0.399 e. The van der Waals surface area contributed by atoms with Crippen LogP contribution in [0, 0.1) is 5.82 Å². The minimum atomic E-state index is -0.637. The first-order valence-electron chi connectivity index (χ1n) is 9.26. The number of hydrogen-bond acceptors (Lipinski definition) is 4. The van der Waals surface area contributed by atoms with Gasteiger partial charge in [0.1, 0.15) is 5.82 Å². The van der Waals surface area contributed by atoms with Gasteiger partial charge in [0.05, 0.1) is 16.8 Å².